The van der Waals surface area contributed by atoms with Crippen molar-refractivity contribution >= 4 is 22.3 Å². The summed E-state index contributed by atoms with van der Waals surface area (Å²) in [6, 6.07) is 16.3. The normalized spacial score (nSPS) is 10.6. The number of aromatic nitrogens is 2. The van der Waals surface area contributed by atoms with Gasteiger partial charge < -0.3 is 5.32 Å². The Morgan fingerprint density at radius 3 is 2.42 bits per heavy atom. The van der Waals surface area contributed by atoms with Gasteiger partial charge in [-0.25, -0.2) is 9.97 Å². The Labute approximate surface area is 112 Å². The molecule has 0 saturated carbocycles. The topological polar surface area (TPSA) is 37.8 Å². The standard InChI is InChI=1S/C16H15N3/c1-11-15-10-14(19-13-6-4-3-5-7-13)8-9-16(15)18-12(2)17-11/h3-10,19H,1-2H3. The third-order valence-corrected chi connectivity index (χ3v) is 3.06. The Hall–Kier alpha value is -2.42. The number of hydrogen-bond acceptors (Lipinski definition) is 3. The monoisotopic (exact) mass is 249 g/mol. The predicted molar refractivity (Wildman–Crippen MR) is 78.7 cm³/mol. The maximum absolute atomic E-state index is 4.45. The van der Waals surface area contributed by atoms with Gasteiger partial charge in [0.25, 0.3) is 0 Å². The SMILES string of the molecule is Cc1nc(C)c2cc(Nc3ccccc3)ccc2n1. The molecule has 0 unspecified atom stereocenters. The second-order valence-corrected chi connectivity index (χ2v) is 4.58. The van der Waals surface area contributed by atoms with Gasteiger partial charge in [-0.15, -0.1) is 0 Å². The molecular weight excluding hydrogens is 234 g/mol. The van der Waals surface area contributed by atoms with Crippen molar-refractivity contribution in [1.82, 2.24) is 9.97 Å². The summed E-state index contributed by atoms with van der Waals surface area (Å²) < 4.78 is 0. The summed E-state index contributed by atoms with van der Waals surface area (Å²) >= 11 is 0. The van der Waals surface area contributed by atoms with Crippen molar-refractivity contribution in [2.24, 2.45) is 0 Å². The van der Waals surface area contributed by atoms with Crippen LogP contribution in [0.5, 0.6) is 0 Å². The summed E-state index contributed by atoms with van der Waals surface area (Å²) in [5, 5.41) is 4.47. The summed E-state index contributed by atoms with van der Waals surface area (Å²) in [5.41, 5.74) is 4.13. The lowest BCUT2D eigenvalue weighted by Gasteiger charge is -2.08. The molecule has 0 spiro atoms. The van der Waals surface area contributed by atoms with Crippen LogP contribution < -0.4 is 5.32 Å². The van der Waals surface area contributed by atoms with E-state index in [1.807, 2.05) is 56.3 Å². The third-order valence-electron chi connectivity index (χ3n) is 3.06. The first kappa shape index (κ1) is 11.7. The van der Waals surface area contributed by atoms with Crippen LogP contribution in [0, 0.1) is 13.8 Å². The molecule has 0 bridgehead atoms. The lowest BCUT2D eigenvalue weighted by Crippen LogP contribution is -1.95. The summed E-state index contributed by atoms with van der Waals surface area (Å²) in [5.74, 6) is 0.814. The van der Waals surface area contributed by atoms with Crippen LogP contribution in [0.3, 0.4) is 0 Å². The van der Waals surface area contributed by atoms with Crippen LogP contribution in [-0.4, -0.2) is 9.97 Å². The highest BCUT2D eigenvalue weighted by Crippen LogP contribution is 2.22. The summed E-state index contributed by atoms with van der Waals surface area (Å²) in [7, 11) is 0. The minimum absolute atomic E-state index is 0.814. The molecule has 0 aliphatic rings. The molecule has 0 fully saturated rings. The summed E-state index contributed by atoms with van der Waals surface area (Å²) in [6.45, 7) is 3.94. The van der Waals surface area contributed by atoms with Gasteiger partial charge in [-0.2, -0.15) is 0 Å². The molecule has 3 rings (SSSR count). The van der Waals surface area contributed by atoms with Crippen LogP contribution in [0.4, 0.5) is 11.4 Å². The lowest BCUT2D eigenvalue weighted by atomic mass is 10.1. The van der Waals surface area contributed by atoms with Crippen molar-refractivity contribution in [3.63, 3.8) is 0 Å². The zero-order valence-electron chi connectivity index (χ0n) is 11.0. The number of nitrogens with zero attached hydrogens (tertiary/aromatic N) is 2. The van der Waals surface area contributed by atoms with E-state index < -0.39 is 0 Å². The molecule has 2 aromatic carbocycles. The molecule has 94 valence electrons. The molecule has 0 saturated heterocycles. The maximum Gasteiger partial charge on any atom is 0.126 e. The average molecular weight is 249 g/mol. The van der Waals surface area contributed by atoms with Crippen molar-refractivity contribution in [2.75, 3.05) is 5.32 Å². The van der Waals surface area contributed by atoms with E-state index in [-0.39, 0.29) is 0 Å². The highest BCUT2D eigenvalue weighted by atomic mass is 14.9. The zero-order valence-corrected chi connectivity index (χ0v) is 11.0. The molecule has 0 atom stereocenters. The fourth-order valence-corrected chi connectivity index (χ4v) is 2.19. The predicted octanol–water partition coefficient (Wildman–Crippen LogP) is 3.99. The number of para-hydroxylation sites is 1. The largest absolute Gasteiger partial charge is 0.356 e. The Bertz CT molecular complexity index is 721. The van der Waals surface area contributed by atoms with E-state index in [4.69, 9.17) is 0 Å². The molecule has 3 aromatic rings. The van der Waals surface area contributed by atoms with Gasteiger partial charge in [0, 0.05) is 22.5 Å². The van der Waals surface area contributed by atoms with Crippen LogP contribution in [-0.2, 0) is 0 Å². The first-order chi connectivity index (χ1) is 9.22. The van der Waals surface area contributed by atoms with Gasteiger partial charge in [-0.1, -0.05) is 18.2 Å². The first-order valence-corrected chi connectivity index (χ1v) is 6.29. The van der Waals surface area contributed by atoms with Crippen LogP contribution in [0.15, 0.2) is 48.5 Å². The lowest BCUT2D eigenvalue weighted by molar-refractivity contribution is 1.05. The van der Waals surface area contributed by atoms with Crippen molar-refractivity contribution in [3.05, 3.63) is 60.0 Å². The zero-order chi connectivity index (χ0) is 13.2. The van der Waals surface area contributed by atoms with Gasteiger partial charge in [0.2, 0.25) is 0 Å². The van der Waals surface area contributed by atoms with E-state index in [9.17, 15) is 0 Å². The smallest absolute Gasteiger partial charge is 0.126 e. The van der Waals surface area contributed by atoms with Gasteiger partial charge in [-0.05, 0) is 44.2 Å². The molecule has 0 aliphatic heterocycles. The fraction of sp³-hybridized carbons (Fsp3) is 0.125. The Balaban J connectivity index is 2.02. The van der Waals surface area contributed by atoms with Crippen molar-refractivity contribution in [1.29, 1.82) is 0 Å². The van der Waals surface area contributed by atoms with Crippen LogP contribution in [0.25, 0.3) is 10.9 Å². The number of nitrogens with one attached hydrogen (secondary N) is 1. The highest BCUT2D eigenvalue weighted by molar-refractivity contribution is 5.85. The van der Waals surface area contributed by atoms with Crippen molar-refractivity contribution in [2.45, 2.75) is 13.8 Å². The highest BCUT2D eigenvalue weighted by Gasteiger charge is 2.03. The Morgan fingerprint density at radius 1 is 0.842 bits per heavy atom. The van der Waals surface area contributed by atoms with Crippen molar-refractivity contribution < 1.29 is 0 Å². The van der Waals surface area contributed by atoms with E-state index in [0.717, 1.165) is 33.8 Å². The molecule has 0 amide bonds. The summed E-state index contributed by atoms with van der Waals surface area (Å²) in [4.78, 5) is 8.86. The van der Waals surface area contributed by atoms with E-state index >= 15 is 0 Å². The molecule has 0 aliphatic carbocycles. The number of aryl methyl sites for hydroxylation is 2. The quantitative estimate of drug-likeness (QED) is 0.746. The average Bonchev–Trinajstić information content (AvgIpc) is 2.40. The minimum atomic E-state index is 0.814. The van der Waals surface area contributed by atoms with E-state index in [2.05, 4.69) is 21.4 Å². The molecule has 1 N–H and O–H groups in total. The molecule has 19 heavy (non-hydrogen) atoms. The minimum Gasteiger partial charge on any atom is -0.356 e. The van der Waals surface area contributed by atoms with Gasteiger partial charge in [0.05, 0.1) is 5.52 Å². The first-order valence-electron chi connectivity index (χ1n) is 6.29. The van der Waals surface area contributed by atoms with Crippen LogP contribution in [0.1, 0.15) is 11.5 Å². The summed E-state index contributed by atoms with van der Waals surface area (Å²) in [6.07, 6.45) is 0. The third kappa shape index (κ3) is 2.40. The number of fused-ring (bicyclic) bond motifs is 1. The molecule has 3 nitrogen and oxygen atoms in total. The van der Waals surface area contributed by atoms with Crippen LogP contribution in [0.2, 0.25) is 0 Å². The molecule has 1 aromatic heterocycles. The molecule has 0 radical (unpaired) electrons. The Kier molecular flexibility index (Phi) is 2.88. The van der Waals surface area contributed by atoms with Gasteiger partial charge in [0.15, 0.2) is 0 Å². The number of anilines is 2. The Morgan fingerprint density at radius 2 is 1.63 bits per heavy atom. The van der Waals surface area contributed by atoms with Gasteiger partial charge in [-0.3, -0.25) is 0 Å². The molecule has 3 heteroatoms. The molecule has 1 heterocycles. The molecular formula is C16H15N3. The van der Waals surface area contributed by atoms with Gasteiger partial charge in [0.1, 0.15) is 5.82 Å². The second-order valence-electron chi connectivity index (χ2n) is 4.58. The van der Waals surface area contributed by atoms with E-state index in [0.29, 0.717) is 0 Å². The van der Waals surface area contributed by atoms with Gasteiger partial charge >= 0.3 is 0 Å². The van der Waals surface area contributed by atoms with Crippen LogP contribution >= 0.6 is 0 Å². The van der Waals surface area contributed by atoms with Crippen molar-refractivity contribution in [3.8, 4) is 0 Å². The number of hydrogen-bond donors (Lipinski definition) is 1. The second kappa shape index (κ2) is 4.69. The maximum atomic E-state index is 4.45. The number of benzene rings is 2. The van der Waals surface area contributed by atoms with E-state index in [1.54, 1.807) is 0 Å². The van der Waals surface area contributed by atoms with E-state index in [1.165, 1.54) is 0 Å². The fourth-order valence-electron chi connectivity index (χ4n) is 2.19. The number of rotatable bonds is 2.